The number of aromatic nitrogens is 1. The Balaban J connectivity index is 2.77. The molecule has 110 valence electrons. The predicted molar refractivity (Wildman–Crippen MR) is 74.9 cm³/mol. The first-order valence-corrected chi connectivity index (χ1v) is 7.74. The van der Waals surface area contributed by atoms with Gasteiger partial charge >= 0.3 is 7.82 Å². The molecule has 0 aliphatic carbocycles. The Kier molecular flexibility index (Phi) is 5.02. The fourth-order valence-corrected chi connectivity index (χ4v) is 3.13. The summed E-state index contributed by atoms with van der Waals surface area (Å²) < 4.78 is 29.1. The minimum absolute atomic E-state index is 0.149. The molecule has 0 aliphatic rings. The van der Waals surface area contributed by atoms with Crippen molar-refractivity contribution in [1.82, 2.24) is 4.98 Å². The molecular weight excluding hydrogens is 265 g/mol. The van der Waals surface area contributed by atoms with E-state index < -0.39 is 19.0 Å². The Hall–Kier alpha value is -0.610. The molecule has 6 heteroatoms. The van der Waals surface area contributed by atoms with Crippen LogP contribution < -0.4 is 0 Å². The van der Waals surface area contributed by atoms with E-state index in [1.54, 1.807) is 6.20 Å². The molecule has 1 aromatic heterocycles. The third kappa shape index (κ3) is 6.92. The second-order valence-corrected chi connectivity index (χ2v) is 7.84. The predicted octanol–water partition coefficient (Wildman–Crippen LogP) is 4.27. The Labute approximate surface area is 115 Å². The molecule has 0 fully saturated rings. The lowest BCUT2D eigenvalue weighted by atomic mass is 10.2. The van der Waals surface area contributed by atoms with Gasteiger partial charge in [-0.2, -0.15) is 0 Å². The highest BCUT2D eigenvalue weighted by Crippen LogP contribution is 2.55. The van der Waals surface area contributed by atoms with Crippen molar-refractivity contribution in [1.29, 1.82) is 0 Å². The number of aromatic amines is 1. The molecule has 0 aliphatic heterocycles. The van der Waals surface area contributed by atoms with Crippen LogP contribution in [0.15, 0.2) is 18.3 Å². The van der Waals surface area contributed by atoms with E-state index >= 15 is 0 Å². The van der Waals surface area contributed by atoms with E-state index in [-0.39, 0.29) is 6.61 Å². The average molecular weight is 289 g/mol. The van der Waals surface area contributed by atoms with E-state index in [4.69, 9.17) is 13.6 Å². The molecule has 0 aromatic carbocycles. The SMILES string of the molecule is CC(C)(C)OP(=O)(OCc1ccc[nH]1)OC(C)(C)C. The zero-order chi connectivity index (χ0) is 14.7. The van der Waals surface area contributed by atoms with Gasteiger partial charge in [0.25, 0.3) is 0 Å². The number of H-pyrrole nitrogens is 1. The van der Waals surface area contributed by atoms with Crippen LogP contribution in [0.4, 0.5) is 0 Å². The van der Waals surface area contributed by atoms with Crippen molar-refractivity contribution in [3.8, 4) is 0 Å². The monoisotopic (exact) mass is 289 g/mol. The average Bonchev–Trinajstić information content (AvgIpc) is 2.60. The quantitative estimate of drug-likeness (QED) is 0.822. The smallest absolute Gasteiger partial charge is 0.363 e. The minimum atomic E-state index is -3.62. The third-order valence-corrected chi connectivity index (χ3v) is 3.80. The first-order valence-electron chi connectivity index (χ1n) is 6.27. The molecule has 1 rings (SSSR count). The van der Waals surface area contributed by atoms with Crippen molar-refractivity contribution < 1.29 is 18.1 Å². The molecule has 0 amide bonds. The second-order valence-electron chi connectivity index (χ2n) is 6.32. The van der Waals surface area contributed by atoms with Gasteiger partial charge in [0.2, 0.25) is 0 Å². The van der Waals surface area contributed by atoms with Gasteiger partial charge in [-0.15, -0.1) is 0 Å². The molecule has 1 heterocycles. The zero-order valence-electron chi connectivity index (χ0n) is 12.5. The molecule has 0 radical (unpaired) electrons. The molecule has 0 saturated carbocycles. The van der Waals surface area contributed by atoms with Crippen molar-refractivity contribution >= 4 is 7.82 Å². The highest BCUT2D eigenvalue weighted by Gasteiger charge is 2.37. The Bertz CT molecular complexity index is 408. The highest BCUT2D eigenvalue weighted by molar-refractivity contribution is 7.48. The van der Waals surface area contributed by atoms with Gasteiger partial charge in [-0.25, -0.2) is 4.57 Å². The second kappa shape index (κ2) is 5.80. The van der Waals surface area contributed by atoms with E-state index in [0.717, 1.165) is 5.69 Å². The summed E-state index contributed by atoms with van der Waals surface area (Å²) in [4.78, 5) is 2.98. The van der Waals surface area contributed by atoms with Crippen LogP contribution in [-0.4, -0.2) is 16.2 Å². The summed E-state index contributed by atoms with van der Waals surface area (Å²) >= 11 is 0. The Morgan fingerprint density at radius 1 is 1.11 bits per heavy atom. The lowest BCUT2D eigenvalue weighted by Crippen LogP contribution is -2.24. The summed E-state index contributed by atoms with van der Waals surface area (Å²) in [6.07, 6.45) is 1.78. The van der Waals surface area contributed by atoms with Gasteiger partial charge < -0.3 is 4.98 Å². The molecule has 0 bridgehead atoms. The van der Waals surface area contributed by atoms with Gasteiger partial charge in [0.1, 0.15) is 0 Å². The fourth-order valence-electron chi connectivity index (χ4n) is 1.35. The van der Waals surface area contributed by atoms with Crippen LogP contribution in [0.2, 0.25) is 0 Å². The summed E-state index contributed by atoms with van der Waals surface area (Å²) in [5.41, 5.74) is -0.414. The van der Waals surface area contributed by atoms with Crippen molar-refractivity contribution in [3.63, 3.8) is 0 Å². The van der Waals surface area contributed by atoms with Crippen LogP contribution in [0.25, 0.3) is 0 Å². The van der Waals surface area contributed by atoms with Crippen molar-refractivity contribution in [2.24, 2.45) is 0 Å². The maximum atomic E-state index is 12.7. The van der Waals surface area contributed by atoms with Gasteiger partial charge in [0, 0.05) is 11.9 Å². The van der Waals surface area contributed by atoms with Gasteiger partial charge in [-0.3, -0.25) is 13.6 Å². The van der Waals surface area contributed by atoms with Crippen LogP contribution in [0.3, 0.4) is 0 Å². The molecule has 1 N–H and O–H groups in total. The molecule has 19 heavy (non-hydrogen) atoms. The summed E-state index contributed by atoms with van der Waals surface area (Å²) in [5.74, 6) is 0. The number of nitrogens with one attached hydrogen (secondary N) is 1. The number of hydrogen-bond donors (Lipinski definition) is 1. The number of phosphoric acid groups is 1. The number of rotatable bonds is 5. The molecule has 0 atom stereocenters. The molecule has 1 aromatic rings. The van der Waals surface area contributed by atoms with Gasteiger partial charge in [-0.05, 0) is 53.7 Å². The molecule has 0 saturated heterocycles. The first-order chi connectivity index (χ1) is 8.49. The summed E-state index contributed by atoms with van der Waals surface area (Å²) in [6, 6.07) is 3.69. The lowest BCUT2D eigenvalue weighted by Gasteiger charge is -2.30. The summed E-state index contributed by atoms with van der Waals surface area (Å²) in [6.45, 7) is 11.0. The topological polar surface area (TPSA) is 60.5 Å². The van der Waals surface area contributed by atoms with E-state index in [1.807, 2.05) is 53.7 Å². The van der Waals surface area contributed by atoms with Gasteiger partial charge in [-0.1, -0.05) is 0 Å². The standard InChI is InChI=1S/C13H24NO4P/c1-12(2,3)17-19(15,18-13(4,5)6)16-10-11-8-7-9-14-11/h7-9,14H,10H2,1-6H3. The van der Waals surface area contributed by atoms with Crippen LogP contribution in [0.5, 0.6) is 0 Å². The normalized spacial score (nSPS) is 13.8. The van der Waals surface area contributed by atoms with Crippen molar-refractivity contribution in [2.75, 3.05) is 0 Å². The van der Waals surface area contributed by atoms with E-state index in [2.05, 4.69) is 4.98 Å². The largest absolute Gasteiger partial charge is 0.476 e. The number of hydrogen-bond acceptors (Lipinski definition) is 4. The zero-order valence-corrected chi connectivity index (χ0v) is 13.4. The van der Waals surface area contributed by atoms with Gasteiger partial charge in [0.15, 0.2) is 0 Å². The van der Waals surface area contributed by atoms with E-state index in [1.165, 1.54) is 0 Å². The molecule has 0 spiro atoms. The first kappa shape index (κ1) is 16.4. The van der Waals surface area contributed by atoms with Crippen molar-refractivity contribution in [2.45, 2.75) is 59.4 Å². The summed E-state index contributed by atoms with van der Waals surface area (Å²) in [7, 11) is -3.62. The van der Waals surface area contributed by atoms with E-state index in [0.29, 0.717) is 0 Å². The Morgan fingerprint density at radius 2 is 1.63 bits per heavy atom. The lowest BCUT2D eigenvalue weighted by molar-refractivity contribution is 0.000547. The fraction of sp³-hybridized carbons (Fsp3) is 0.692. The highest BCUT2D eigenvalue weighted by atomic mass is 31.2. The molecule has 0 unspecified atom stereocenters. The minimum Gasteiger partial charge on any atom is -0.363 e. The number of phosphoric ester groups is 1. The van der Waals surface area contributed by atoms with Crippen LogP contribution in [0.1, 0.15) is 47.2 Å². The maximum Gasteiger partial charge on any atom is 0.476 e. The van der Waals surface area contributed by atoms with Crippen molar-refractivity contribution in [3.05, 3.63) is 24.0 Å². The molecule has 5 nitrogen and oxygen atoms in total. The molecular formula is C13H24NO4P. The maximum absolute atomic E-state index is 12.7. The summed E-state index contributed by atoms with van der Waals surface area (Å²) in [5, 5.41) is 0. The van der Waals surface area contributed by atoms with E-state index in [9.17, 15) is 4.57 Å². The van der Waals surface area contributed by atoms with Crippen LogP contribution in [-0.2, 0) is 24.7 Å². The Morgan fingerprint density at radius 3 is 2.00 bits per heavy atom. The van der Waals surface area contributed by atoms with Crippen LogP contribution >= 0.6 is 7.82 Å². The third-order valence-electron chi connectivity index (χ3n) is 1.81. The van der Waals surface area contributed by atoms with Gasteiger partial charge in [0.05, 0.1) is 17.8 Å². The van der Waals surface area contributed by atoms with Crippen LogP contribution in [0, 0.1) is 0 Å².